The molecule has 0 aliphatic heterocycles. The van der Waals surface area contributed by atoms with E-state index in [0.29, 0.717) is 23.1 Å². The summed E-state index contributed by atoms with van der Waals surface area (Å²) in [6.45, 7) is 3.67. The van der Waals surface area contributed by atoms with Gasteiger partial charge in [0, 0.05) is 12.3 Å². The molecule has 0 atom stereocenters. The van der Waals surface area contributed by atoms with Gasteiger partial charge >= 0.3 is 9.15 Å². The molecule has 0 heterocycles. The molecule has 0 rings (SSSR count). The lowest BCUT2D eigenvalue weighted by Gasteiger charge is -2.01. The van der Waals surface area contributed by atoms with Crippen LogP contribution in [0.2, 0.25) is 0 Å². The van der Waals surface area contributed by atoms with E-state index in [2.05, 4.69) is 12.2 Å². The molecular weight excluding hydrogens is 210 g/mol. The van der Waals surface area contributed by atoms with E-state index in [0.717, 1.165) is 13.0 Å². The first-order chi connectivity index (χ1) is 6.06. The van der Waals surface area contributed by atoms with Crippen LogP contribution in [0.1, 0.15) is 26.2 Å². The Kier molecular flexibility index (Phi) is 7.74. The van der Waals surface area contributed by atoms with Gasteiger partial charge in [0.25, 0.3) is 0 Å². The van der Waals surface area contributed by atoms with E-state index >= 15 is 0 Å². The zero-order valence-corrected chi connectivity index (χ0v) is 9.46. The smallest absolute Gasteiger partial charge is 0.316 e. The molecule has 0 spiro atoms. The van der Waals surface area contributed by atoms with Crippen LogP contribution < -0.4 is 5.32 Å². The molecule has 2 N–H and O–H groups in total. The Morgan fingerprint density at radius 2 is 2.00 bits per heavy atom. The van der Waals surface area contributed by atoms with E-state index in [1.807, 2.05) is 0 Å². The maximum absolute atomic E-state index is 10.3. The second-order valence-corrected chi connectivity index (χ2v) is 6.18. The zero-order valence-electron chi connectivity index (χ0n) is 7.82. The summed E-state index contributed by atoms with van der Waals surface area (Å²) in [5.74, 6) is 0.394. The second kappa shape index (κ2) is 7.61. The minimum absolute atomic E-state index is 0.394. The van der Waals surface area contributed by atoms with Gasteiger partial charge in [-0.3, -0.25) is 4.55 Å². The summed E-state index contributed by atoms with van der Waals surface area (Å²) in [5, 5.41) is 3.10. The summed E-state index contributed by atoms with van der Waals surface area (Å²) in [6.07, 6.45) is 3.49. The van der Waals surface area contributed by atoms with Crippen LogP contribution in [-0.4, -0.2) is 31.8 Å². The maximum Gasteiger partial charge on any atom is 0.319 e. The van der Waals surface area contributed by atoms with Crippen molar-refractivity contribution in [2.75, 3.05) is 18.8 Å². The van der Waals surface area contributed by atoms with E-state index in [1.54, 1.807) is 0 Å². The molecule has 0 bridgehead atoms. The fourth-order valence-corrected chi connectivity index (χ4v) is 2.16. The highest BCUT2D eigenvalue weighted by atomic mass is 33.1. The lowest BCUT2D eigenvalue weighted by molar-refractivity contribution is 0.503. The minimum Gasteiger partial charge on any atom is -0.316 e. The van der Waals surface area contributed by atoms with Gasteiger partial charge in [0.05, 0.1) is 0 Å². The van der Waals surface area contributed by atoms with Gasteiger partial charge in [-0.15, -0.1) is 0 Å². The van der Waals surface area contributed by atoms with Gasteiger partial charge in [0.1, 0.15) is 0 Å². The van der Waals surface area contributed by atoms with Crippen molar-refractivity contribution in [3.63, 3.8) is 0 Å². The predicted molar refractivity (Wildman–Crippen MR) is 56.4 cm³/mol. The summed E-state index contributed by atoms with van der Waals surface area (Å²) in [4.78, 5) is 0. The van der Waals surface area contributed by atoms with Gasteiger partial charge < -0.3 is 5.32 Å². The van der Waals surface area contributed by atoms with Gasteiger partial charge in [0.2, 0.25) is 0 Å². The summed E-state index contributed by atoms with van der Waals surface area (Å²) >= 11 is 0. The Labute approximate surface area is 83.6 Å². The molecule has 0 fully saturated rings. The van der Waals surface area contributed by atoms with Crippen molar-refractivity contribution in [1.29, 1.82) is 0 Å². The van der Waals surface area contributed by atoms with Crippen molar-refractivity contribution >= 4 is 19.9 Å². The molecule has 6 heteroatoms. The molecule has 0 aromatic rings. The van der Waals surface area contributed by atoms with Crippen LogP contribution in [-0.2, 0) is 9.15 Å². The molecule has 13 heavy (non-hydrogen) atoms. The van der Waals surface area contributed by atoms with Crippen molar-refractivity contribution in [2.24, 2.45) is 0 Å². The van der Waals surface area contributed by atoms with Crippen molar-refractivity contribution in [3.05, 3.63) is 0 Å². The summed E-state index contributed by atoms with van der Waals surface area (Å²) in [6, 6.07) is 0. The number of rotatable bonds is 8. The normalized spacial score (nSPS) is 11.8. The molecule has 0 aliphatic rings. The number of unbranched alkanes of at least 4 members (excludes halogenated alkanes) is 2. The Bertz CT molecular complexity index is 204. The summed E-state index contributed by atoms with van der Waals surface area (Å²) < 4.78 is 28.9. The third kappa shape index (κ3) is 12.2. The van der Waals surface area contributed by atoms with Gasteiger partial charge in [-0.25, -0.2) is 0 Å². The Balaban J connectivity index is 3.09. The fraction of sp³-hybridized carbons (Fsp3) is 1.00. The Morgan fingerprint density at radius 1 is 1.31 bits per heavy atom. The first-order valence-electron chi connectivity index (χ1n) is 4.39. The lowest BCUT2D eigenvalue weighted by Crippen LogP contribution is -2.18. The zero-order chi connectivity index (χ0) is 10.2. The van der Waals surface area contributed by atoms with Crippen molar-refractivity contribution in [1.82, 2.24) is 5.32 Å². The number of hydrogen-bond donors (Lipinski definition) is 2. The second-order valence-electron chi connectivity index (χ2n) is 2.71. The molecule has 0 aromatic heterocycles. The minimum atomic E-state index is -3.84. The first kappa shape index (κ1) is 13.2. The van der Waals surface area contributed by atoms with Crippen molar-refractivity contribution < 1.29 is 13.0 Å². The predicted octanol–water partition coefficient (Wildman–Crippen LogP) is 1.30. The monoisotopic (exact) mass is 227 g/mol. The van der Waals surface area contributed by atoms with Crippen LogP contribution >= 0.6 is 10.8 Å². The molecule has 0 radical (unpaired) electrons. The number of nitrogens with one attached hydrogen (secondary N) is 1. The third-order valence-corrected chi connectivity index (χ3v) is 3.53. The average molecular weight is 227 g/mol. The third-order valence-electron chi connectivity index (χ3n) is 1.47. The molecule has 80 valence electrons. The highest BCUT2D eigenvalue weighted by Gasteiger charge is 2.02. The van der Waals surface area contributed by atoms with Crippen LogP contribution in [0.4, 0.5) is 0 Å². The highest BCUT2D eigenvalue weighted by molar-refractivity contribution is 8.69. The topological polar surface area (TPSA) is 66.4 Å². The van der Waals surface area contributed by atoms with E-state index in [-0.39, 0.29) is 0 Å². The molecule has 4 nitrogen and oxygen atoms in total. The van der Waals surface area contributed by atoms with E-state index in [1.165, 1.54) is 12.8 Å². The fourth-order valence-electron chi connectivity index (χ4n) is 0.844. The van der Waals surface area contributed by atoms with Gasteiger partial charge in [-0.1, -0.05) is 19.8 Å². The molecule has 0 saturated heterocycles. The molecule has 0 unspecified atom stereocenters. The molecule has 0 aromatic carbocycles. The van der Waals surface area contributed by atoms with Crippen LogP contribution in [0.15, 0.2) is 0 Å². The maximum atomic E-state index is 10.3. The van der Waals surface area contributed by atoms with Crippen molar-refractivity contribution in [2.45, 2.75) is 26.2 Å². The summed E-state index contributed by atoms with van der Waals surface area (Å²) in [7, 11) is -3.28. The average Bonchev–Trinajstić information content (AvgIpc) is 2.01. The summed E-state index contributed by atoms with van der Waals surface area (Å²) in [5.41, 5.74) is 0. The van der Waals surface area contributed by atoms with E-state index in [4.69, 9.17) is 4.55 Å². The van der Waals surface area contributed by atoms with Gasteiger partial charge in [0.15, 0.2) is 0 Å². The molecule has 0 amide bonds. The Morgan fingerprint density at radius 3 is 2.54 bits per heavy atom. The SMILES string of the molecule is CCCCCNCCSS(=O)(=O)O. The first-order valence-corrected chi connectivity index (χ1v) is 7.33. The van der Waals surface area contributed by atoms with Crippen molar-refractivity contribution in [3.8, 4) is 0 Å². The molecule has 0 saturated carbocycles. The quantitative estimate of drug-likeness (QED) is 0.372. The van der Waals surface area contributed by atoms with Gasteiger partial charge in [-0.2, -0.15) is 8.42 Å². The Hall–Kier alpha value is 0.220. The van der Waals surface area contributed by atoms with Crippen LogP contribution in [0.5, 0.6) is 0 Å². The molecule has 0 aliphatic carbocycles. The van der Waals surface area contributed by atoms with E-state index in [9.17, 15) is 8.42 Å². The standard InChI is InChI=1S/C7H17NO3S2/c1-2-3-4-5-8-6-7-12-13(9,10)11/h8H,2-7H2,1H3,(H,9,10,11). The van der Waals surface area contributed by atoms with Gasteiger partial charge in [-0.05, 0) is 23.8 Å². The van der Waals surface area contributed by atoms with Crippen LogP contribution in [0.3, 0.4) is 0 Å². The van der Waals surface area contributed by atoms with Crippen LogP contribution in [0.25, 0.3) is 0 Å². The number of hydrogen-bond acceptors (Lipinski definition) is 4. The van der Waals surface area contributed by atoms with Crippen LogP contribution in [0, 0.1) is 0 Å². The lowest BCUT2D eigenvalue weighted by atomic mass is 10.2. The van der Waals surface area contributed by atoms with E-state index < -0.39 is 9.15 Å². The highest BCUT2D eigenvalue weighted by Crippen LogP contribution is 2.06. The largest absolute Gasteiger partial charge is 0.319 e. The molecular formula is C7H17NO3S2.